The molecular weight excluding hydrogens is 264 g/mol. The highest BCUT2D eigenvalue weighted by molar-refractivity contribution is 5.94. The van der Waals surface area contributed by atoms with Crippen LogP contribution >= 0.6 is 0 Å². The van der Waals surface area contributed by atoms with Gasteiger partial charge in [-0.05, 0) is 24.3 Å². The van der Waals surface area contributed by atoms with E-state index < -0.39 is 24.1 Å². The molecule has 2 amide bonds. The van der Waals surface area contributed by atoms with Crippen LogP contribution in [-0.4, -0.2) is 58.0 Å². The summed E-state index contributed by atoms with van der Waals surface area (Å²) in [5, 5.41) is 27.8. The lowest BCUT2D eigenvalue weighted by Gasteiger charge is -2.27. The zero-order chi connectivity index (χ0) is 14.9. The molecule has 7 nitrogen and oxygen atoms in total. The Kier molecular flexibility index (Phi) is 3.80. The third-order valence-corrected chi connectivity index (χ3v) is 3.33. The van der Waals surface area contributed by atoms with Crippen LogP contribution in [0.4, 0.5) is 10.5 Å². The zero-order valence-corrected chi connectivity index (χ0v) is 10.9. The number of phenolic OH excluding ortho intramolecular Hbond substituents is 1. The molecule has 2 rings (SSSR count). The zero-order valence-electron chi connectivity index (χ0n) is 10.9. The van der Waals surface area contributed by atoms with Crippen LogP contribution in [0.15, 0.2) is 24.3 Å². The van der Waals surface area contributed by atoms with Crippen molar-refractivity contribution < 1.29 is 24.9 Å². The molecule has 0 saturated carbocycles. The summed E-state index contributed by atoms with van der Waals surface area (Å²) in [5.41, 5.74) is 0.526. The van der Waals surface area contributed by atoms with E-state index in [4.69, 9.17) is 5.11 Å². The Hall–Kier alpha value is -2.28. The van der Waals surface area contributed by atoms with Crippen LogP contribution in [0.3, 0.4) is 0 Å². The number of carboxylic acids is 1. The van der Waals surface area contributed by atoms with Crippen molar-refractivity contribution in [3.63, 3.8) is 0 Å². The van der Waals surface area contributed by atoms with E-state index in [1.54, 1.807) is 12.1 Å². The smallest absolute Gasteiger partial charge is 0.326 e. The van der Waals surface area contributed by atoms with Gasteiger partial charge in [0.2, 0.25) is 0 Å². The third kappa shape index (κ3) is 2.67. The Labute approximate surface area is 115 Å². The van der Waals surface area contributed by atoms with Crippen LogP contribution in [0.2, 0.25) is 0 Å². The maximum absolute atomic E-state index is 12.3. The first-order valence-electron chi connectivity index (χ1n) is 6.14. The number of nitrogens with zero attached hydrogens (tertiary/aromatic N) is 2. The predicted octanol–water partition coefficient (Wildman–Crippen LogP) is 0.468. The minimum atomic E-state index is -1.13. The lowest BCUT2D eigenvalue weighted by Crippen LogP contribution is -2.47. The number of anilines is 1. The van der Waals surface area contributed by atoms with E-state index in [-0.39, 0.29) is 18.7 Å². The van der Waals surface area contributed by atoms with E-state index in [0.717, 1.165) is 4.90 Å². The summed E-state index contributed by atoms with van der Waals surface area (Å²) in [6, 6.07) is 4.46. The minimum absolute atomic E-state index is 0.00176. The SMILES string of the molecule is CN(C(=O)N1CC(O)CC1C(=O)O)c1ccc(O)cc1. The van der Waals surface area contributed by atoms with Crippen LogP contribution in [0.5, 0.6) is 5.75 Å². The number of hydrogen-bond acceptors (Lipinski definition) is 4. The van der Waals surface area contributed by atoms with Crippen molar-refractivity contribution in [2.24, 2.45) is 0 Å². The highest BCUT2D eigenvalue weighted by Crippen LogP contribution is 2.23. The topological polar surface area (TPSA) is 101 Å². The standard InChI is InChI=1S/C13H16N2O5/c1-14(8-2-4-9(16)5-3-8)13(20)15-7-10(17)6-11(15)12(18)19/h2-5,10-11,16-17H,6-7H2,1H3,(H,18,19). The van der Waals surface area contributed by atoms with Gasteiger partial charge in [-0.2, -0.15) is 0 Å². The van der Waals surface area contributed by atoms with Crippen LogP contribution in [-0.2, 0) is 4.79 Å². The number of carbonyl (C=O) groups excluding carboxylic acids is 1. The van der Waals surface area contributed by atoms with Crippen LogP contribution in [0.25, 0.3) is 0 Å². The van der Waals surface area contributed by atoms with E-state index in [1.165, 1.54) is 24.1 Å². The van der Waals surface area contributed by atoms with Gasteiger partial charge in [0.25, 0.3) is 0 Å². The first kappa shape index (κ1) is 14.1. The van der Waals surface area contributed by atoms with Crippen molar-refractivity contribution in [3.05, 3.63) is 24.3 Å². The number of benzene rings is 1. The summed E-state index contributed by atoms with van der Waals surface area (Å²) in [6.45, 7) is -0.00176. The normalized spacial score (nSPS) is 21.8. The molecule has 7 heteroatoms. The number of carboxylic acid groups (broad SMARTS) is 1. The number of β-amino-alcohol motifs (C(OH)–C–C–N with tert-alkyl or cyclic N) is 1. The predicted molar refractivity (Wildman–Crippen MR) is 70.7 cm³/mol. The highest BCUT2D eigenvalue weighted by Gasteiger charge is 2.40. The van der Waals surface area contributed by atoms with Crippen LogP contribution in [0, 0.1) is 0 Å². The average molecular weight is 280 g/mol. The molecule has 1 heterocycles. The van der Waals surface area contributed by atoms with Gasteiger partial charge in [-0.3, -0.25) is 4.90 Å². The van der Waals surface area contributed by atoms with E-state index in [1.807, 2.05) is 0 Å². The summed E-state index contributed by atoms with van der Waals surface area (Å²) in [5.74, 6) is -1.05. The van der Waals surface area contributed by atoms with Crippen molar-refractivity contribution in [1.29, 1.82) is 0 Å². The lowest BCUT2D eigenvalue weighted by atomic mass is 10.2. The number of urea groups is 1. The molecule has 1 aromatic carbocycles. The molecule has 1 aliphatic heterocycles. The largest absolute Gasteiger partial charge is 0.508 e. The van der Waals surface area contributed by atoms with Crippen molar-refractivity contribution in [2.75, 3.05) is 18.5 Å². The molecule has 0 bridgehead atoms. The van der Waals surface area contributed by atoms with Crippen molar-refractivity contribution in [3.8, 4) is 5.75 Å². The summed E-state index contributed by atoms with van der Waals surface area (Å²) >= 11 is 0. The molecule has 2 atom stereocenters. The van der Waals surface area contributed by atoms with Gasteiger partial charge >= 0.3 is 12.0 Å². The molecule has 3 N–H and O–H groups in total. The minimum Gasteiger partial charge on any atom is -0.508 e. The van der Waals surface area contributed by atoms with Gasteiger partial charge < -0.3 is 20.2 Å². The number of amides is 2. The molecule has 1 fully saturated rings. The second-order valence-corrected chi connectivity index (χ2v) is 4.75. The van der Waals surface area contributed by atoms with E-state index in [2.05, 4.69) is 0 Å². The van der Waals surface area contributed by atoms with Crippen molar-refractivity contribution in [2.45, 2.75) is 18.6 Å². The molecule has 0 spiro atoms. The van der Waals surface area contributed by atoms with Crippen molar-refractivity contribution >= 4 is 17.7 Å². The van der Waals surface area contributed by atoms with Gasteiger partial charge in [0.05, 0.1) is 6.10 Å². The molecule has 1 aliphatic rings. The summed E-state index contributed by atoms with van der Waals surface area (Å²) in [7, 11) is 1.51. The fourth-order valence-corrected chi connectivity index (χ4v) is 2.24. The summed E-state index contributed by atoms with van der Waals surface area (Å²) < 4.78 is 0. The second kappa shape index (κ2) is 5.38. The fourth-order valence-electron chi connectivity index (χ4n) is 2.24. The molecular formula is C13H16N2O5. The van der Waals surface area contributed by atoms with Gasteiger partial charge in [-0.25, -0.2) is 9.59 Å². The van der Waals surface area contributed by atoms with Crippen molar-refractivity contribution in [1.82, 2.24) is 4.90 Å². The van der Waals surface area contributed by atoms with Crippen LogP contribution in [0.1, 0.15) is 6.42 Å². The molecule has 20 heavy (non-hydrogen) atoms. The fraction of sp³-hybridized carbons (Fsp3) is 0.385. The van der Waals surface area contributed by atoms with Gasteiger partial charge in [-0.1, -0.05) is 0 Å². The highest BCUT2D eigenvalue weighted by atomic mass is 16.4. The number of aliphatic hydroxyl groups excluding tert-OH is 1. The molecule has 0 aromatic heterocycles. The summed E-state index contributed by atoms with van der Waals surface area (Å²) in [6.07, 6.45) is -0.793. The van der Waals surface area contributed by atoms with Gasteiger partial charge in [-0.15, -0.1) is 0 Å². The molecule has 0 aliphatic carbocycles. The molecule has 108 valence electrons. The van der Waals surface area contributed by atoms with Gasteiger partial charge in [0, 0.05) is 25.7 Å². The number of hydrogen-bond donors (Lipinski definition) is 3. The first-order valence-corrected chi connectivity index (χ1v) is 6.14. The maximum atomic E-state index is 12.3. The van der Waals surface area contributed by atoms with E-state index in [9.17, 15) is 19.8 Å². The Morgan fingerprint density at radius 3 is 2.45 bits per heavy atom. The van der Waals surface area contributed by atoms with Gasteiger partial charge in [0.15, 0.2) is 0 Å². The number of carbonyl (C=O) groups is 2. The Balaban J connectivity index is 2.17. The molecule has 2 unspecified atom stereocenters. The molecule has 0 radical (unpaired) electrons. The van der Waals surface area contributed by atoms with E-state index in [0.29, 0.717) is 5.69 Å². The Morgan fingerprint density at radius 2 is 1.90 bits per heavy atom. The monoisotopic (exact) mass is 280 g/mol. The Morgan fingerprint density at radius 1 is 1.30 bits per heavy atom. The number of likely N-dealkylation sites (tertiary alicyclic amines) is 1. The second-order valence-electron chi connectivity index (χ2n) is 4.75. The number of aliphatic carboxylic acids is 1. The first-order chi connectivity index (χ1) is 9.40. The lowest BCUT2D eigenvalue weighted by molar-refractivity contribution is -0.141. The van der Waals surface area contributed by atoms with E-state index >= 15 is 0 Å². The third-order valence-electron chi connectivity index (χ3n) is 3.33. The Bertz CT molecular complexity index is 516. The summed E-state index contributed by atoms with van der Waals surface area (Å²) in [4.78, 5) is 25.8. The quantitative estimate of drug-likeness (QED) is 0.731. The average Bonchev–Trinajstić information content (AvgIpc) is 2.80. The number of rotatable bonds is 2. The molecule has 1 saturated heterocycles. The number of aliphatic hydroxyl groups is 1. The number of phenols is 1. The van der Waals surface area contributed by atoms with Gasteiger partial charge in [0.1, 0.15) is 11.8 Å². The number of aromatic hydroxyl groups is 1. The molecule has 1 aromatic rings. The van der Waals surface area contributed by atoms with Crippen LogP contribution < -0.4 is 4.90 Å². The maximum Gasteiger partial charge on any atom is 0.326 e.